The van der Waals surface area contributed by atoms with Crippen molar-refractivity contribution in [1.82, 2.24) is 9.88 Å². The molecule has 1 aliphatic rings. The van der Waals surface area contributed by atoms with E-state index in [0.717, 1.165) is 19.3 Å². The Morgan fingerprint density at radius 2 is 2.15 bits per heavy atom. The van der Waals surface area contributed by atoms with Gasteiger partial charge in [-0.3, -0.25) is 4.79 Å². The van der Waals surface area contributed by atoms with Gasteiger partial charge in [-0.25, -0.2) is 4.98 Å². The molecule has 1 aromatic rings. The van der Waals surface area contributed by atoms with Crippen LogP contribution in [-0.4, -0.2) is 39.6 Å². The first-order chi connectivity index (χ1) is 9.65. The highest BCUT2D eigenvalue weighted by molar-refractivity contribution is 5.95. The van der Waals surface area contributed by atoms with Crippen LogP contribution in [0.4, 0.5) is 0 Å². The largest absolute Gasteiger partial charge is 0.384 e. The molecule has 0 unspecified atom stereocenters. The molecule has 1 amide bonds. The predicted molar refractivity (Wildman–Crippen MR) is 77.1 cm³/mol. The summed E-state index contributed by atoms with van der Waals surface area (Å²) >= 11 is 0. The van der Waals surface area contributed by atoms with Crippen LogP contribution in [0, 0.1) is 11.8 Å². The molecule has 1 saturated heterocycles. The number of nitrogens with zero attached hydrogens (tertiary/aromatic N) is 2. The van der Waals surface area contributed by atoms with E-state index >= 15 is 0 Å². The average molecular weight is 272 g/mol. The van der Waals surface area contributed by atoms with E-state index in [1.165, 1.54) is 0 Å². The zero-order valence-corrected chi connectivity index (χ0v) is 12.0. The van der Waals surface area contributed by atoms with E-state index in [0.29, 0.717) is 11.3 Å². The number of aliphatic hydroxyl groups excluding tert-OH is 1. The summed E-state index contributed by atoms with van der Waals surface area (Å²) in [6.45, 7) is 3.93. The van der Waals surface area contributed by atoms with Crippen molar-refractivity contribution in [1.29, 1.82) is 0 Å². The van der Waals surface area contributed by atoms with Crippen molar-refractivity contribution in [3.8, 4) is 11.8 Å². The molecule has 1 aromatic heterocycles. The first kappa shape index (κ1) is 14.5. The molecule has 106 valence electrons. The molecule has 0 radical (unpaired) electrons. The first-order valence-corrected chi connectivity index (χ1v) is 7.02. The minimum absolute atomic E-state index is 0.0625. The Kier molecular flexibility index (Phi) is 4.75. The SMILES string of the molecule is C[C@@H]1CCC[C@H](C)N1C(=O)c1ncccc1C#CCO. The van der Waals surface area contributed by atoms with Gasteiger partial charge in [0.2, 0.25) is 0 Å². The lowest BCUT2D eigenvalue weighted by molar-refractivity contribution is 0.0504. The quantitative estimate of drug-likeness (QED) is 0.794. The number of amides is 1. The monoisotopic (exact) mass is 272 g/mol. The van der Waals surface area contributed by atoms with Crippen LogP contribution < -0.4 is 0 Å². The molecule has 1 N–H and O–H groups in total. The van der Waals surface area contributed by atoms with Crippen molar-refractivity contribution in [2.45, 2.75) is 45.2 Å². The number of carbonyl (C=O) groups excluding carboxylic acids is 1. The number of rotatable bonds is 1. The fraction of sp³-hybridized carbons (Fsp3) is 0.500. The van der Waals surface area contributed by atoms with Gasteiger partial charge in [0.05, 0.1) is 5.56 Å². The van der Waals surface area contributed by atoms with Gasteiger partial charge in [0, 0.05) is 18.3 Å². The molecule has 0 aliphatic carbocycles. The first-order valence-electron chi connectivity index (χ1n) is 7.02. The van der Waals surface area contributed by atoms with E-state index < -0.39 is 0 Å². The van der Waals surface area contributed by atoms with Crippen molar-refractivity contribution in [3.05, 3.63) is 29.6 Å². The summed E-state index contributed by atoms with van der Waals surface area (Å²) < 4.78 is 0. The normalized spacial score (nSPS) is 22.1. The van der Waals surface area contributed by atoms with Crippen LogP contribution in [0.5, 0.6) is 0 Å². The lowest BCUT2D eigenvalue weighted by Gasteiger charge is -2.39. The van der Waals surface area contributed by atoms with Crippen LogP contribution in [0.2, 0.25) is 0 Å². The number of hydrogen-bond donors (Lipinski definition) is 1. The Labute approximate surface area is 119 Å². The highest BCUT2D eigenvalue weighted by Gasteiger charge is 2.31. The van der Waals surface area contributed by atoms with Gasteiger partial charge < -0.3 is 10.0 Å². The lowest BCUT2D eigenvalue weighted by atomic mass is 9.96. The van der Waals surface area contributed by atoms with Gasteiger partial charge in [0.1, 0.15) is 12.3 Å². The molecule has 2 atom stereocenters. The number of aromatic nitrogens is 1. The van der Waals surface area contributed by atoms with E-state index in [2.05, 4.69) is 30.7 Å². The van der Waals surface area contributed by atoms with E-state index in [9.17, 15) is 4.79 Å². The fourth-order valence-corrected chi connectivity index (χ4v) is 2.76. The van der Waals surface area contributed by atoms with Crippen LogP contribution in [0.1, 0.15) is 49.2 Å². The lowest BCUT2D eigenvalue weighted by Crippen LogP contribution is -2.47. The topological polar surface area (TPSA) is 53.4 Å². The van der Waals surface area contributed by atoms with Crippen molar-refractivity contribution in [2.24, 2.45) is 0 Å². The second-order valence-corrected chi connectivity index (χ2v) is 5.20. The van der Waals surface area contributed by atoms with Crippen LogP contribution in [0.3, 0.4) is 0 Å². The van der Waals surface area contributed by atoms with Gasteiger partial charge in [0.15, 0.2) is 0 Å². The van der Waals surface area contributed by atoms with E-state index in [1.54, 1.807) is 18.3 Å². The van der Waals surface area contributed by atoms with Crippen LogP contribution in [-0.2, 0) is 0 Å². The Balaban J connectivity index is 2.33. The van der Waals surface area contributed by atoms with Crippen molar-refractivity contribution < 1.29 is 9.90 Å². The zero-order valence-electron chi connectivity index (χ0n) is 12.0. The second-order valence-electron chi connectivity index (χ2n) is 5.20. The summed E-state index contributed by atoms with van der Waals surface area (Å²) in [5.41, 5.74) is 0.963. The van der Waals surface area contributed by atoms with Crippen molar-refractivity contribution in [2.75, 3.05) is 6.61 Å². The molecule has 0 saturated carbocycles. The molecule has 4 nitrogen and oxygen atoms in total. The standard InChI is InChI=1S/C16H20N2O2/c1-12-6-3-7-13(2)18(12)16(20)15-14(9-5-11-19)8-4-10-17-15/h4,8,10,12-13,19H,3,6-7,11H2,1-2H3/t12-,13+. The molecular weight excluding hydrogens is 252 g/mol. The summed E-state index contributed by atoms with van der Waals surface area (Å²) in [4.78, 5) is 18.9. The maximum atomic E-state index is 12.7. The Morgan fingerprint density at radius 3 is 2.80 bits per heavy atom. The zero-order chi connectivity index (χ0) is 14.5. The number of likely N-dealkylation sites (tertiary alicyclic amines) is 1. The number of piperidine rings is 1. The van der Waals surface area contributed by atoms with Gasteiger partial charge in [-0.15, -0.1) is 0 Å². The summed E-state index contributed by atoms with van der Waals surface area (Å²) in [6, 6.07) is 3.97. The second kappa shape index (κ2) is 6.53. The molecule has 1 fully saturated rings. The van der Waals surface area contributed by atoms with Gasteiger partial charge in [-0.1, -0.05) is 11.8 Å². The third kappa shape index (κ3) is 3.00. The smallest absolute Gasteiger partial charge is 0.274 e. The van der Waals surface area contributed by atoms with Crippen molar-refractivity contribution in [3.63, 3.8) is 0 Å². The number of pyridine rings is 1. The van der Waals surface area contributed by atoms with Crippen LogP contribution >= 0.6 is 0 Å². The molecule has 1 aliphatic heterocycles. The number of hydrogen-bond acceptors (Lipinski definition) is 3. The maximum absolute atomic E-state index is 12.7. The number of carbonyl (C=O) groups is 1. The summed E-state index contributed by atoms with van der Waals surface area (Å²) in [5, 5.41) is 8.80. The molecule has 0 bridgehead atoms. The van der Waals surface area contributed by atoms with Crippen LogP contribution in [0.25, 0.3) is 0 Å². The Morgan fingerprint density at radius 1 is 1.45 bits per heavy atom. The Bertz CT molecular complexity index is 535. The molecule has 0 spiro atoms. The van der Waals surface area contributed by atoms with Crippen molar-refractivity contribution >= 4 is 5.91 Å². The minimum atomic E-state index is -0.223. The summed E-state index contributed by atoms with van der Waals surface area (Å²) in [7, 11) is 0. The van der Waals surface area contributed by atoms with Crippen LogP contribution in [0.15, 0.2) is 18.3 Å². The third-order valence-corrected chi connectivity index (χ3v) is 3.74. The number of aliphatic hydroxyl groups is 1. The van der Waals surface area contributed by atoms with Gasteiger partial charge in [-0.05, 0) is 45.2 Å². The molecule has 4 heteroatoms. The van der Waals surface area contributed by atoms with E-state index in [1.807, 2.05) is 4.90 Å². The predicted octanol–water partition coefficient (Wildman–Crippen LogP) is 1.83. The third-order valence-electron chi connectivity index (χ3n) is 3.74. The van der Waals surface area contributed by atoms with Gasteiger partial charge in [0.25, 0.3) is 5.91 Å². The van der Waals surface area contributed by atoms with Gasteiger partial charge in [-0.2, -0.15) is 0 Å². The summed E-state index contributed by atoms with van der Waals surface area (Å²) in [5.74, 6) is 5.32. The molecular formula is C16H20N2O2. The van der Waals surface area contributed by atoms with E-state index in [4.69, 9.17) is 5.11 Å². The Hall–Kier alpha value is -1.86. The highest BCUT2D eigenvalue weighted by Crippen LogP contribution is 2.24. The maximum Gasteiger partial charge on any atom is 0.274 e. The minimum Gasteiger partial charge on any atom is -0.384 e. The molecule has 0 aromatic carbocycles. The average Bonchev–Trinajstić information content (AvgIpc) is 2.45. The fourth-order valence-electron chi connectivity index (χ4n) is 2.76. The summed E-state index contributed by atoms with van der Waals surface area (Å²) in [6.07, 6.45) is 4.82. The molecule has 2 heterocycles. The molecule has 20 heavy (non-hydrogen) atoms. The molecule has 2 rings (SSSR count). The highest BCUT2D eigenvalue weighted by atomic mass is 16.2. The van der Waals surface area contributed by atoms with Gasteiger partial charge >= 0.3 is 0 Å². The van der Waals surface area contributed by atoms with E-state index in [-0.39, 0.29) is 24.6 Å².